The lowest BCUT2D eigenvalue weighted by molar-refractivity contribution is -0.104. The molecule has 0 amide bonds. The van der Waals surface area contributed by atoms with Crippen LogP contribution in [0.15, 0.2) is 12.2 Å². The largest absolute Gasteiger partial charge is 0.415 e. The number of rotatable bonds is 1. The van der Waals surface area contributed by atoms with E-state index >= 15 is 0 Å². The van der Waals surface area contributed by atoms with E-state index in [4.69, 9.17) is 5.11 Å². The second kappa shape index (κ2) is 2.36. The van der Waals surface area contributed by atoms with E-state index in [9.17, 15) is 13.2 Å². The molecule has 0 aliphatic heterocycles. The Morgan fingerprint density at radius 1 is 1.56 bits per heavy atom. The molecular weight excluding hydrogens is 135 g/mol. The number of hydrogen-bond acceptors (Lipinski definition) is 2. The average Bonchev–Trinajstić information content (AvgIpc) is 1.62. The molecule has 0 unspecified atom stereocenters. The van der Waals surface area contributed by atoms with Crippen LogP contribution in [0.1, 0.15) is 0 Å². The molecule has 2 nitrogen and oxygen atoms in total. The summed E-state index contributed by atoms with van der Waals surface area (Å²) in [4.78, 5) is 0. The van der Waals surface area contributed by atoms with Crippen molar-refractivity contribution in [3.8, 4) is 0 Å². The predicted molar refractivity (Wildman–Crippen MR) is 25.4 cm³/mol. The summed E-state index contributed by atoms with van der Waals surface area (Å²) in [6.45, 7) is 2.53. The third kappa shape index (κ3) is 2.48. The molecule has 54 valence electrons. The van der Waals surface area contributed by atoms with Gasteiger partial charge >= 0.3 is 6.18 Å². The first-order chi connectivity index (χ1) is 3.85. The molecule has 0 heterocycles. The lowest BCUT2D eigenvalue weighted by Gasteiger charge is -2.10. The smallest absolute Gasteiger partial charge is 0.375 e. The van der Waals surface area contributed by atoms with E-state index in [-0.39, 0.29) is 0 Å². The minimum absolute atomic E-state index is 1.33. The Morgan fingerprint density at radius 3 is 1.89 bits per heavy atom. The molecule has 0 fully saturated rings. The minimum atomic E-state index is -4.59. The van der Waals surface area contributed by atoms with Crippen molar-refractivity contribution in [2.45, 2.75) is 12.4 Å². The molecule has 0 aromatic heterocycles. The molecule has 0 aromatic rings. The molecule has 0 aromatic carbocycles. The molecule has 0 bridgehead atoms. The van der Waals surface area contributed by atoms with Crippen molar-refractivity contribution in [2.24, 2.45) is 5.73 Å². The van der Waals surface area contributed by atoms with E-state index < -0.39 is 18.0 Å². The van der Waals surface area contributed by atoms with Gasteiger partial charge in [-0.1, -0.05) is 6.58 Å². The SMILES string of the molecule is C=C([C@H](N)O)C(F)(F)F. The molecular formula is C4H6F3NO. The van der Waals surface area contributed by atoms with Gasteiger partial charge in [0.05, 0.1) is 5.57 Å². The van der Waals surface area contributed by atoms with Gasteiger partial charge in [0.15, 0.2) is 0 Å². The number of aliphatic hydroxyl groups is 1. The minimum Gasteiger partial charge on any atom is -0.375 e. The number of aliphatic hydroxyl groups excluding tert-OH is 1. The number of alkyl halides is 3. The van der Waals surface area contributed by atoms with Gasteiger partial charge in [-0.05, 0) is 0 Å². The topological polar surface area (TPSA) is 46.2 Å². The van der Waals surface area contributed by atoms with Gasteiger partial charge in [0.1, 0.15) is 6.23 Å². The van der Waals surface area contributed by atoms with Crippen LogP contribution >= 0.6 is 0 Å². The summed E-state index contributed by atoms with van der Waals surface area (Å²) in [5.41, 5.74) is 3.13. The normalized spacial score (nSPS) is 15.2. The molecule has 0 saturated heterocycles. The van der Waals surface area contributed by atoms with E-state index in [0.717, 1.165) is 0 Å². The molecule has 9 heavy (non-hydrogen) atoms. The summed E-state index contributed by atoms with van der Waals surface area (Å²) >= 11 is 0. The highest BCUT2D eigenvalue weighted by molar-refractivity contribution is 5.06. The summed E-state index contributed by atoms with van der Waals surface area (Å²) in [5.74, 6) is 0. The number of nitrogens with two attached hydrogens (primary N) is 1. The van der Waals surface area contributed by atoms with Crippen molar-refractivity contribution in [3.05, 3.63) is 12.2 Å². The second-order valence-corrected chi connectivity index (χ2v) is 1.47. The molecule has 0 spiro atoms. The zero-order chi connectivity index (χ0) is 7.65. The maximum atomic E-state index is 11.4. The average molecular weight is 141 g/mol. The Labute approximate surface area is 49.8 Å². The first-order valence-corrected chi connectivity index (χ1v) is 2.05. The molecule has 0 saturated carbocycles. The summed E-state index contributed by atoms with van der Waals surface area (Å²) in [6, 6.07) is 0. The van der Waals surface area contributed by atoms with Gasteiger partial charge < -0.3 is 10.8 Å². The highest BCUT2D eigenvalue weighted by Gasteiger charge is 2.34. The first kappa shape index (κ1) is 8.45. The molecule has 5 heteroatoms. The highest BCUT2D eigenvalue weighted by Crippen LogP contribution is 2.24. The van der Waals surface area contributed by atoms with Crippen molar-refractivity contribution in [2.75, 3.05) is 0 Å². The number of hydrogen-bond donors (Lipinski definition) is 2. The Morgan fingerprint density at radius 2 is 1.89 bits per heavy atom. The maximum absolute atomic E-state index is 11.4. The van der Waals surface area contributed by atoms with Crippen LogP contribution < -0.4 is 5.73 Å². The monoisotopic (exact) mass is 141 g/mol. The van der Waals surface area contributed by atoms with Crippen LogP contribution in [0.3, 0.4) is 0 Å². The van der Waals surface area contributed by atoms with E-state index in [1.807, 2.05) is 0 Å². The van der Waals surface area contributed by atoms with Gasteiger partial charge in [-0.2, -0.15) is 13.2 Å². The van der Waals surface area contributed by atoms with Crippen molar-refractivity contribution in [1.29, 1.82) is 0 Å². The van der Waals surface area contributed by atoms with Gasteiger partial charge in [0, 0.05) is 0 Å². The fourth-order valence-corrected chi connectivity index (χ4v) is 0.168. The van der Waals surface area contributed by atoms with Crippen molar-refractivity contribution in [3.63, 3.8) is 0 Å². The van der Waals surface area contributed by atoms with E-state index in [1.165, 1.54) is 0 Å². The van der Waals surface area contributed by atoms with Crippen LogP contribution in [-0.4, -0.2) is 17.5 Å². The van der Waals surface area contributed by atoms with Crippen LogP contribution in [-0.2, 0) is 0 Å². The van der Waals surface area contributed by atoms with Crippen LogP contribution in [0.25, 0.3) is 0 Å². The quantitative estimate of drug-likeness (QED) is 0.409. The van der Waals surface area contributed by atoms with E-state index in [2.05, 4.69) is 12.3 Å². The molecule has 0 rings (SSSR count). The highest BCUT2D eigenvalue weighted by atomic mass is 19.4. The lowest BCUT2D eigenvalue weighted by atomic mass is 10.3. The van der Waals surface area contributed by atoms with E-state index in [0.29, 0.717) is 0 Å². The Bertz CT molecular complexity index is 117. The zero-order valence-corrected chi connectivity index (χ0v) is 4.44. The first-order valence-electron chi connectivity index (χ1n) is 2.05. The van der Waals surface area contributed by atoms with Crippen LogP contribution in [0.2, 0.25) is 0 Å². The molecule has 3 N–H and O–H groups in total. The Balaban J connectivity index is 4.06. The van der Waals surface area contributed by atoms with Crippen molar-refractivity contribution < 1.29 is 18.3 Å². The third-order valence-electron chi connectivity index (χ3n) is 0.721. The summed E-state index contributed by atoms with van der Waals surface area (Å²) in [5, 5.41) is 8.11. The second-order valence-electron chi connectivity index (χ2n) is 1.47. The lowest BCUT2D eigenvalue weighted by Crippen LogP contribution is -2.30. The Hall–Kier alpha value is -0.550. The fourth-order valence-electron chi connectivity index (χ4n) is 0.168. The van der Waals surface area contributed by atoms with Gasteiger partial charge in [-0.25, -0.2) is 0 Å². The molecule has 0 aliphatic carbocycles. The van der Waals surface area contributed by atoms with Crippen LogP contribution in [0, 0.1) is 0 Å². The summed E-state index contributed by atoms with van der Waals surface area (Å²) < 4.78 is 34.1. The van der Waals surface area contributed by atoms with Gasteiger partial charge in [0.25, 0.3) is 0 Å². The van der Waals surface area contributed by atoms with E-state index in [1.54, 1.807) is 0 Å². The van der Waals surface area contributed by atoms with Crippen LogP contribution in [0.5, 0.6) is 0 Å². The third-order valence-corrected chi connectivity index (χ3v) is 0.721. The van der Waals surface area contributed by atoms with Gasteiger partial charge in [0.2, 0.25) is 0 Å². The van der Waals surface area contributed by atoms with Crippen LogP contribution in [0.4, 0.5) is 13.2 Å². The maximum Gasteiger partial charge on any atom is 0.415 e. The Kier molecular flexibility index (Phi) is 2.22. The molecule has 1 atom stereocenters. The zero-order valence-electron chi connectivity index (χ0n) is 4.44. The predicted octanol–water partition coefficient (Wildman–Crippen LogP) is 0.382. The molecule has 0 radical (unpaired) electrons. The summed E-state index contributed by atoms with van der Waals surface area (Å²) in [6.07, 6.45) is -6.60. The van der Waals surface area contributed by atoms with Gasteiger partial charge in [-0.15, -0.1) is 0 Å². The van der Waals surface area contributed by atoms with Crippen molar-refractivity contribution >= 4 is 0 Å². The fraction of sp³-hybridized carbons (Fsp3) is 0.500. The molecule has 0 aliphatic rings. The summed E-state index contributed by atoms with van der Waals surface area (Å²) in [7, 11) is 0. The number of halogens is 3. The van der Waals surface area contributed by atoms with Gasteiger partial charge in [-0.3, -0.25) is 0 Å². The van der Waals surface area contributed by atoms with Crippen molar-refractivity contribution in [1.82, 2.24) is 0 Å². The standard InChI is InChI=1S/C4H6F3NO/c1-2(3(8)9)4(5,6)7/h3,9H,1,8H2/t3-/m1/s1.